The Morgan fingerprint density at radius 1 is 1.15 bits per heavy atom. The zero-order chi connectivity index (χ0) is 14.5. The second-order valence-corrected chi connectivity index (χ2v) is 5.25. The summed E-state index contributed by atoms with van der Waals surface area (Å²) in [6.45, 7) is 5.67. The van der Waals surface area contributed by atoms with Gasteiger partial charge in [-0.05, 0) is 38.1 Å². The third kappa shape index (κ3) is 3.64. The molecule has 0 amide bonds. The zero-order valence-electron chi connectivity index (χ0n) is 12.2. The second-order valence-electron chi connectivity index (χ2n) is 4.85. The van der Waals surface area contributed by atoms with Crippen LogP contribution in [0.25, 0.3) is 0 Å². The molecule has 1 N–H and O–H groups in total. The maximum atomic E-state index is 6.24. The Morgan fingerprint density at radius 3 is 2.50 bits per heavy atom. The number of halogens is 1. The van der Waals surface area contributed by atoms with Gasteiger partial charge < -0.3 is 10.2 Å². The second kappa shape index (κ2) is 6.62. The number of aromatic nitrogens is 1. The molecule has 0 unspecified atom stereocenters. The fourth-order valence-corrected chi connectivity index (χ4v) is 2.16. The molecular formula is C16H20ClN3. The molecule has 0 fully saturated rings. The van der Waals surface area contributed by atoms with Crippen LogP contribution in [0.3, 0.4) is 0 Å². The third-order valence-electron chi connectivity index (χ3n) is 3.14. The molecule has 3 nitrogen and oxygen atoms in total. The fraction of sp³-hybridized carbons (Fsp3) is 0.312. The van der Waals surface area contributed by atoms with E-state index < -0.39 is 0 Å². The van der Waals surface area contributed by atoms with Crippen LogP contribution in [0.1, 0.15) is 18.2 Å². The van der Waals surface area contributed by atoms with Gasteiger partial charge in [0, 0.05) is 19.3 Å². The summed E-state index contributed by atoms with van der Waals surface area (Å²) in [6, 6.07) is 12.2. The van der Waals surface area contributed by atoms with Crippen molar-refractivity contribution in [2.75, 3.05) is 23.8 Å². The first-order chi connectivity index (χ1) is 9.60. The normalized spacial score (nSPS) is 10.4. The van der Waals surface area contributed by atoms with Crippen LogP contribution in [-0.4, -0.2) is 18.6 Å². The van der Waals surface area contributed by atoms with Crippen LogP contribution in [0.2, 0.25) is 5.02 Å². The first-order valence-electron chi connectivity index (χ1n) is 6.77. The number of pyridine rings is 1. The Balaban J connectivity index is 2.16. The van der Waals surface area contributed by atoms with Crippen molar-refractivity contribution in [2.45, 2.75) is 20.4 Å². The summed E-state index contributed by atoms with van der Waals surface area (Å²) in [6.07, 6.45) is 0. The molecule has 0 spiro atoms. The van der Waals surface area contributed by atoms with E-state index >= 15 is 0 Å². The summed E-state index contributed by atoms with van der Waals surface area (Å²) >= 11 is 6.24. The van der Waals surface area contributed by atoms with Crippen LogP contribution in [0.15, 0.2) is 36.4 Å². The summed E-state index contributed by atoms with van der Waals surface area (Å²) in [5, 5.41) is 3.91. The number of benzene rings is 1. The lowest BCUT2D eigenvalue weighted by molar-refractivity contribution is 0.884. The molecule has 0 radical (unpaired) electrons. The molecule has 106 valence electrons. The highest BCUT2D eigenvalue weighted by molar-refractivity contribution is 6.31. The number of nitrogens with one attached hydrogen (secondary N) is 1. The molecule has 0 bridgehead atoms. The number of rotatable bonds is 5. The molecule has 0 aliphatic heterocycles. The zero-order valence-corrected chi connectivity index (χ0v) is 12.9. The molecule has 2 aromatic rings. The first kappa shape index (κ1) is 14.7. The first-order valence-corrected chi connectivity index (χ1v) is 7.15. The van der Waals surface area contributed by atoms with Crippen molar-refractivity contribution in [1.82, 2.24) is 4.98 Å². The van der Waals surface area contributed by atoms with E-state index in [1.54, 1.807) is 0 Å². The smallest absolute Gasteiger partial charge is 0.126 e. The Hall–Kier alpha value is -1.74. The minimum Gasteiger partial charge on any atom is -0.370 e. The molecule has 0 saturated heterocycles. The number of hydrogen-bond donors (Lipinski definition) is 1. The largest absolute Gasteiger partial charge is 0.370 e. The quantitative estimate of drug-likeness (QED) is 0.898. The predicted molar refractivity (Wildman–Crippen MR) is 86.7 cm³/mol. The van der Waals surface area contributed by atoms with Crippen molar-refractivity contribution in [2.24, 2.45) is 0 Å². The standard InChI is InChI=1S/C16H20ClN3/c1-4-18-16-10-9-14(17)15(19-16)11-20(3)13-7-5-12(2)6-8-13/h5-10H,4,11H2,1-3H3,(H,18,19). The Kier molecular flexibility index (Phi) is 4.85. The van der Waals surface area contributed by atoms with Crippen LogP contribution in [-0.2, 0) is 6.54 Å². The number of aryl methyl sites for hydroxylation is 1. The van der Waals surface area contributed by atoms with Gasteiger partial charge >= 0.3 is 0 Å². The molecule has 1 aromatic heterocycles. The predicted octanol–water partition coefficient (Wildman–Crippen LogP) is 4.11. The van der Waals surface area contributed by atoms with Crippen molar-refractivity contribution >= 4 is 23.1 Å². The highest BCUT2D eigenvalue weighted by Crippen LogP contribution is 2.21. The number of nitrogens with zero attached hydrogens (tertiary/aromatic N) is 2. The van der Waals surface area contributed by atoms with E-state index in [-0.39, 0.29) is 0 Å². The highest BCUT2D eigenvalue weighted by atomic mass is 35.5. The summed E-state index contributed by atoms with van der Waals surface area (Å²) < 4.78 is 0. The Bertz CT molecular complexity index is 566. The van der Waals surface area contributed by atoms with Crippen LogP contribution in [0, 0.1) is 6.92 Å². The van der Waals surface area contributed by atoms with E-state index in [0.717, 1.165) is 23.7 Å². The van der Waals surface area contributed by atoms with E-state index in [0.29, 0.717) is 11.6 Å². The minimum atomic E-state index is 0.682. The van der Waals surface area contributed by atoms with Gasteiger partial charge in [0.25, 0.3) is 0 Å². The van der Waals surface area contributed by atoms with E-state index in [1.807, 2.05) is 26.1 Å². The van der Waals surface area contributed by atoms with Crippen molar-refractivity contribution in [3.8, 4) is 0 Å². The maximum Gasteiger partial charge on any atom is 0.126 e. The summed E-state index contributed by atoms with van der Waals surface area (Å²) in [5.74, 6) is 0.865. The molecular weight excluding hydrogens is 270 g/mol. The highest BCUT2D eigenvalue weighted by Gasteiger charge is 2.08. The fourth-order valence-electron chi connectivity index (χ4n) is 1.99. The van der Waals surface area contributed by atoms with E-state index in [4.69, 9.17) is 11.6 Å². The molecule has 0 atom stereocenters. The molecule has 0 aliphatic rings. The Morgan fingerprint density at radius 2 is 1.85 bits per heavy atom. The lowest BCUT2D eigenvalue weighted by atomic mass is 10.2. The van der Waals surface area contributed by atoms with Gasteiger partial charge in [0.15, 0.2) is 0 Å². The molecule has 0 aliphatic carbocycles. The van der Waals surface area contributed by atoms with Crippen molar-refractivity contribution in [1.29, 1.82) is 0 Å². The molecule has 0 saturated carbocycles. The van der Waals surface area contributed by atoms with Gasteiger partial charge in [0.05, 0.1) is 17.3 Å². The summed E-state index contributed by atoms with van der Waals surface area (Å²) in [4.78, 5) is 6.70. The van der Waals surface area contributed by atoms with Crippen LogP contribution in [0.5, 0.6) is 0 Å². The monoisotopic (exact) mass is 289 g/mol. The van der Waals surface area contributed by atoms with Crippen molar-refractivity contribution in [3.05, 3.63) is 52.7 Å². The topological polar surface area (TPSA) is 28.2 Å². The molecule has 2 rings (SSSR count). The van der Waals surface area contributed by atoms with Crippen molar-refractivity contribution in [3.63, 3.8) is 0 Å². The summed E-state index contributed by atoms with van der Waals surface area (Å²) in [5.41, 5.74) is 3.29. The van der Waals surface area contributed by atoms with Gasteiger partial charge in [-0.1, -0.05) is 29.3 Å². The molecule has 20 heavy (non-hydrogen) atoms. The van der Waals surface area contributed by atoms with Crippen LogP contribution in [0.4, 0.5) is 11.5 Å². The lowest BCUT2D eigenvalue weighted by Gasteiger charge is -2.20. The van der Waals surface area contributed by atoms with E-state index in [2.05, 4.69) is 46.4 Å². The Labute approximate surface area is 125 Å². The van der Waals surface area contributed by atoms with Gasteiger partial charge in [-0.15, -0.1) is 0 Å². The van der Waals surface area contributed by atoms with Gasteiger partial charge in [-0.2, -0.15) is 0 Å². The number of hydrogen-bond acceptors (Lipinski definition) is 3. The van der Waals surface area contributed by atoms with Gasteiger partial charge in [0.1, 0.15) is 5.82 Å². The average molecular weight is 290 g/mol. The third-order valence-corrected chi connectivity index (χ3v) is 3.48. The van der Waals surface area contributed by atoms with Gasteiger partial charge in [0.2, 0.25) is 0 Å². The molecule has 1 heterocycles. The number of anilines is 2. The lowest BCUT2D eigenvalue weighted by Crippen LogP contribution is -2.18. The molecule has 4 heteroatoms. The molecule has 1 aromatic carbocycles. The van der Waals surface area contributed by atoms with Gasteiger partial charge in [-0.3, -0.25) is 0 Å². The van der Waals surface area contributed by atoms with Crippen LogP contribution < -0.4 is 10.2 Å². The SMILES string of the molecule is CCNc1ccc(Cl)c(CN(C)c2ccc(C)cc2)n1. The van der Waals surface area contributed by atoms with Crippen molar-refractivity contribution < 1.29 is 0 Å². The summed E-state index contributed by atoms with van der Waals surface area (Å²) in [7, 11) is 2.04. The van der Waals surface area contributed by atoms with E-state index in [9.17, 15) is 0 Å². The maximum absolute atomic E-state index is 6.24. The average Bonchev–Trinajstić information content (AvgIpc) is 2.43. The minimum absolute atomic E-state index is 0.682. The van der Waals surface area contributed by atoms with Gasteiger partial charge in [-0.25, -0.2) is 4.98 Å². The van der Waals surface area contributed by atoms with E-state index in [1.165, 1.54) is 5.56 Å². The van der Waals surface area contributed by atoms with Crippen LogP contribution >= 0.6 is 11.6 Å².